The van der Waals surface area contributed by atoms with E-state index in [0.29, 0.717) is 22.9 Å². The van der Waals surface area contributed by atoms with E-state index in [1.807, 2.05) is 54.6 Å². The molecule has 3 aromatic carbocycles. The molecule has 32 heavy (non-hydrogen) atoms. The van der Waals surface area contributed by atoms with Crippen LogP contribution >= 0.6 is 0 Å². The van der Waals surface area contributed by atoms with Crippen molar-refractivity contribution in [3.63, 3.8) is 0 Å². The van der Waals surface area contributed by atoms with Crippen LogP contribution in [0.3, 0.4) is 0 Å². The maximum Gasteiger partial charge on any atom is 0.277 e. The van der Waals surface area contributed by atoms with E-state index in [0.717, 1.165) is 11.1 Å². The minimum Gasteiger partial charge on any atom is -0.497 e. The van der Waals surface area contributed by atoms with E-state index in [9.17, 15) is 9.59 Å². The average Bonchev–Trinajstić information content (AvgIpc) is 2.82. The van der Waals surface area contributed by atoms with Crippen molar-refractivity contribution in [2.75, 3.05) is 19.0 Å². The third-order valence-corrected chi connectivity index (χ3v) is 4.50. The third kappa shape index (κ3) is 6.70. The van der Waals surface area contributed by atoms with Crippen molar-refractivity contribution < 1.29 is 19.1 Å². The van der Waals surface area contributed by atoms with Gasteiger partial charge in [0, 0.05) is 17.0 Å². The molecule has 7 heteroatoms. The van der Waals surface area contributed by atoms with Gasteiger partial charge in [0.1, 0.15) is 11.5 Å². The van der Waals surface area contributed by atoms with Crippen molar-refractivity contribution in [3.05, 3.63) is 78.9 Å². The number of hydrazone groups is 1. The van der Waals surface area contributed by atoms with Crippen LogP contribution in [0, 0.1) is 0 Å². The van der Waals surface area contributed by atoms with Gasteiger partial charge in [-0.3, -0.25) is 9.59 Å². The van der Waals surface area contributed by atoms with Gasteiger partial charge in [-0.25, -0.2) is 5.43 Å². The number of rotatable bonds is 9. The highest BCUT2D eigenvalue weighted by molar-refractivity contribution is 6.07. The minimum atomic E-state index is -0.421. The van der Waals surface area contributed by atoms with Crippen LogP contribution in [0.2, 0.25) is 0 Å². The van der Waals surface area contributed by atoms with Crippen LogP contribution < -0.4 is 20.2 Å². The number of nitrogens with one attached hydrogen (secondary N) is 2. The SMILES string of the molecule is COc1ccc(OCC(=O)N/N=C(\C)CC(=O)Nc2ccccc2-c2ccccc2)cc1. The molecule has 0 radical (unpaired) electrons. The van der Waals surface area contributed by atoms with Gasteiger partial charge < -0.3 is 14.8 Å². The maximum absolute atomic E-state index is 12.5. The van der Waals surface area contributed by atoms with E-state index < -0.39 is 5.91 Å². The summed E-state index contributed by atoms with van der Waals surface area (Å²) in [6.45, 7) is 1.48. The third-order valence-electron chi connectivity index (χ3n) is 4.50. The highest BCUT2D eigenvalue weighted by Gasteiger charge is 2.10. The molecule has 2 amide bonds. The van der Waals surface area contributed by atoms with Gasteiger partial charge in [0.2, 0.25) is 5.91 Å². The first kappa shape index (κ1) is 22.6. The van der Waals surface area contributed by atoms with E-state index in [4.69, 9.17) is 9.47 Å². The van der Waals surface area contributed by atoms with E-state index in [-0.39, 0.29) is 18.9 Å². The van der Waals surface area contributed by atoms with Crippen LogP contribution in [0.5, 0.6) is 11.5 Å². The van der Waals surface area contributed by atoms with Crippen molar-refractivity contribution in [1.29, 1.82) is 0 Å². The molecule has 0 aliphatic rings. The number of anilines is 1. The minimum absolute atomic E-state index is 0.0444. The first-order valence-corrected chi connectivity index (χ1v) is 10.1. The lowest BCUT2D eigenvalue weighted by Crippen LogP contribution is -2.26. The number of hydrogen-bond acceptors (Lipinski definition) is 5. The van der Waals surface area contributed by atoms with Crippen molar-refractivity contribution in [2.24, 2.45) is 5.10 Å². The smallest absolute Gasteiger partial charge is 0.277 e. The second kappa shape index (κ2) is 11.3. The quantitative estimate of drug-likeness (QED) is 0.391. The molecular weight excluding hydrogens is 406 g/mol. The molecule has 0 bridgehead atoms. The monoisotopic (exact) mass is 431 g/mol. The molecule has 3 aromatic rings. The summed E-state index contributed by atoms with van der Waals surface area (Å²) < 4.78 is 10.5. The highest BCUT2D eigenvalue weighted by Crippen LogP contribution is 2.27. The fraction of sp³-hybridized carbons (Fsp3) is 0.160. The fourth-order valence-electron chi connectivity index (χ4n) is 2.94. The number of nitrogens with zero attached hydrogens (tertiary/aromatic N) is 1. The Labute approximate surface area is 187 Å². The predicted molar refractivity (Wildman–Crippen MR) is 125 cm³/mol. The molecule has 3 rings (SSSR count). The molecule has 0 aliphatic carbocycles. The fourth-order valence-corrected chi connectivity index (χ4v) is 2.94. The zero-order valence-corrected chi connectivity index (χ0v) is 18.0. The van der Waals surface area contributed by atoms with E-state index in [2.05, 4.69) is 15.8 Å². The molecule has 0 heterocycles. The molecule has 0 saturated carbocycles. The van der Waals surface area contributed by atoms with Crippen LogP contribution in [-0.4, -0.2) is 31.2 Å². The lowest BCUT2D eigenvalue weighted by molar-refractivity contribution is -0.123. The van der Waals surface area contributed by atoms with Gasteiger partial charge in [0.05, 0.1) is 13.5 Å². The molecule has 0 unspecified atom stereocenters. The van der Waals surface area contributed by atoms with Gasteiger partial charge >= 0.3 is 0 Å². The first-order chi connectivity index (χ1) is 15.5. The Morgan fingerprint density at radius 3 is 2.22 bits per heavy atom. The summed E-state index contributed by atoms with van der Waals surface area (Å²) in [7, 11) is 1.58. The van der Waals surface area contributed by atoms with Gasteiger partial charge in [0.25, 0.3) is 5.91 Å². The summed E-state index contributed by atoms with van der Waals surface area (Å²) in [5.74, 6) is 0.596. The second-order valence-electron chi connectivity index (χ2n) is 6.98. The summed E-state index contributed by atoms with van der Waals surface area (Å²) in [6.07, 6.45) is 0.0444. The molecule has 7 nitrogen and oxygen atoms in total. The normalized spacial score (nSPS) is 10.9. The second-order valence-corrected chi connectivity index (χ2v) is 6.98. The number of ether oxygens (including phenoxy) is 2. The van der Waals surface area contributed by atoms with Gasteiger partial charge in [-0.05, 0) is 42.8 Å². The Kier molecular flexibility index (Phi) is 7.97. The van der Waals surface area contributed by atoms with Crippen molar-refractivity contribution in [2.45, 2.75) is 13.3 Å². The summed E-state index contributed by atoms with van der Waals surface area (Å²) >= 11 is 0. The average molecular weight is 431 g/mol. The van der Waals surface area contributed by atoms with Crippen LogP contribution in [0.4, 0.5) is 5.69 Å². The summed E-state index contributed by atoms with van der Waals surface area (Å²) in [4.78, 5) is 24.4. The largest absolute Gasteiger partial charge is 0.497 e. The van der Waals surface area contributed by atoms with Crippen molar-refractivity contribution in [1.82, 2.24) is 5.43 Å². The molecular formula is C25H25N3O4. The summed E-state index contributed by atoms with van der Waals surface area (Å²) in [5.41, 5.74) is 5.53. The van der Waals surface area contributed by atoms with Gasteiger partial charge in [-0.1, -0.05) is 48.5 Å². The predicted octanol–water partition coefficient (Wildman–Crippen LogP) is 4.26. The number of amides is 2. The molecule has 0 fully saturated rings. The Hall–Kier alpha value is -4.13. The van der Waals surface area contributed by atoms with Gasteiger partial charge in [0.15, 0.2) is 6.61 Å². The zero-order valence-electron chi connectivity index (χ0n) is 18.0. The number of carbonyl (C=O) groups excluding carboxylic acids is 2. The van der Waals surface area contributed by atoms with E-state index >= 15 is 0 Å². The molecule has 0 aromatic heterocycles. The number of benzene rings is 3. The number of para-hydroxylation sites is 1. The molecule has 0 spiro atoms. The lowest BCUT2D eigenvalue weighted by Gasteiger charge is -2.11. The van der Waals surface area contributed by atoms with Gasteiger partial charge in [-0.15, -0.1) is 0 Å². The lowest BCUT2D eigenvalue weighted by atomic mass is 10.0. The molecule has 164 valence electrons. The van der Waals surface area contributed by atoms with Crippen LogP contribution in [0.15, 0.2) is 84.0 Å². The Balaban J connectivity index is 1.49. The van der Waals surface area contributed by atoms with Crippen LogP contribution in [-0.2, 0) is 9.59 Å². The Bertz CT molecular complexity index is 1080. The van der Waals surface area contributed by atoms with E-state index in [1.165, 1.54) is 0 Å². The standard InChI is InChI=1S/C25H25N3O4/c1-18(27-28-25(30)17-32-21-14-12-20(31-2)13-15-21)16-24(29)26-23-11-7-6-10-22(23)19-8-4-3-5-9-19/h3-15H,16-17H2,1-2H3,(H,26,29)(H,28,30)/b27-18+. The van der Waals surface area contributed by atoms with Crippen LogP contribution in [0.25, 0.3) is 11.1 Å². The molecule has 0 saturated heterocycles. The molecule has 2 N–H and O–H groups in total. The topological polar surface area (TPSA) is 89.0 Å². The number of hydrogen-bond donors (Lipinski definition) is 2. The Morgan fingerprint density at radius 1 is 0.844 bits per heavy atom. The molecule has 0 atom stereocenters. The first-order valence-electron chi connectivity index (χ1n) is 10.1. The maximum atomic E-state index is 12.5. The summed E-state index contributed by atoms with van der Waals surface area (Å²) in [6, 6.07) is 24.3. The van der Waals surface area contributed by atoms with Crippen molar-refractivity contribution in [3.8, 4) is 22.6 Å². The van der Waals surface area contributed by atoms with E-state index in [1.54, 1.807) is 38.3 Å². The number of carbonyl (C=O) groups is 2. The zero-order chi connectivity index (χ0) is 22.8. The van der Waals surface area contributed by atoms with Gasteiger partial charge in [-0.2, -0.15) is 5.10 Å². The summed E-state index contributed by atoms with van der Waals surface area (Å²) in [5, 5.41) is 6.90. The highest BCUT2D eigenvalue weighted by atomic mass is 16.5. The molecule has 0 aliphatic heterocycles. The number of methoxy groups -OCH3 is 1. The van der Waals surface area contributed by atoms with Crippen LogP contribution in [0.1, 0.15) is 13.3 Å². The van der Waals surface area contributed by atoms with Crippen molar-refractivity contribution >= 4 is 23.2 Å². The Morgan fingerprint density at radius 2 is 1.50 bits per heavy atom.